The molecule has 0 aliphatic rings. The number of amides is 1. The summed E-state index contributed by atoms with van der Waals surface area (Å²) in [5, 5.41) is 2.77. The van der Waals surface area contributed by atoms with Crippen molar-refractivity contribution in [3.63, 3.8) is 0 Å². The molecule has 0 bridgehead atoms. The number of benzene rings is 1. The van der Waals surface area contributed by atoms with Crippen LogP contribution in [0, 0.1) is 12.7 Å². The molecule has 0 aromatic heterocycles. The zero-order valence-corrected chi connectivity index (χ0v) is 12.3. The Labute approximate surface area is 119 Å². The highest BCUT2D eigenvalue weighted by atomic mass is 19.1. The Hall–Kier alpha value is -1.78. The monoisotopic (exact) mass is 282 g/mol. The van der Waals surface area contributed by atoms with Crippen LogP contribution in [0.3, 0.4) is 0 Å². The molecule has 0 fully saturated rings. The summed E-state index contributed by atoms with van der Waals surface area (Å²) in [7, 11) is 0. The van der Waals surface area contributed by atoms with E-state index < -0.39 is 11.9 Å². The van der Waals surface area contributed by atoms with Crippen LogP contribution in [0.4, 0.5) is 10.1 Å². The van der Waals surface area contributed by atoms with Gasteiger partial charge in [-0.05, 0) is 31.9 Å². The van der Waals surface area contributed by atoms with Gasteiger partial charge >= 0.3 is 0 Å². The molecule has 0 aliphatic carbocycles. The zero-order chi connectivity index (χ0) is 15.1. The van der Waals surface area contributed by atoms with Crippen LogP contribution < -0.4 is 15.8 Å². The van der Waals surface area contributed by atoms with Crippen LogP contribution in [0.15, 0.2) is 12.1 Å². The van der Waals surface area contributed by atoms with Gasteiger partial charge in [-0.15, -0.1) is 0 Å². The smallest absolute Gasteiger partial charge is 0.260 e. The molecule has 1 aromatic carbocycles. The molecular weight excluding hydrogens is 259 g/mol. The average Bonchev–Trinajstić information content (AvgIpc) is 2.40. The lowest BCUT2D eigenvalue weighted by Gasteiger charge is -2.16. The zero-order valence-electron chi connectivity index (χ0n) is 12.3. The van der Waals surface area contributed by atoms with Crippen molar-refractivity contribution in [2.24, 2.45) is 0 Å². The number of carbonyl (C=O) groups is 1. The van der Waals surface area contributed by atoms with E-state index in [2.05, 4.69) is 12.2 Å². The fraction of sp³-hybridized carbons (Fsp3) is 0.533. The van der Waals surface area contributed by atoms with Crippen LogP contribution in [0.2, 0.25) is 0 Å². The van der Waals surface area contributed by atoms with Crippen molar-refractivity contribution < 1.29 is 13.9 Å². The lowest BCUT2D eigenvalue weighted by molar-refractivity contribution is -0.127. The maximum absolute atomic E-state index is 13.7. The number of ether oxygens (including phenoxy) is 1. The number of anilines is 1. The summed E-state index contributed by atoms with van der Waals surface area (Å²) >= 11 is 0. The third kappa shape index (κ3) is 4.72. The first-order valence-electron chi connectivity index (χ1n) is 6.95. The van der Waals surface area contributed by atoms with Crippen LogP contribution in [0.25, 0.3) is 0 Å². The molecule has 3 N–H and O–H groups in total. The molecule has 5 heteroatoms. The fourth-order valence-electron chi connectivity index (χ4n) is 1.74. The number of unbranched alkanes of at least 4 members (excludes halogenated alkanes) is 2. The lowest BCUT2D eigenvalue weighted by atomic mass is 10.2. The fourth-order valence-corrected chi connectivity index (χ4v) is 1.74. The van der Waals surface area contributed by atoms with E-state index in [0.29, 0.717) is 12.2 Å². The van der Waals surface area contributed by atoms with Gasteiger partial charge in [0.05, 0.1) is 0 Å². The van der Waals surface area contributed by atoms with Crippen LogP contribution in [-0.2, 0) is 4.79 Å². The minimum atomic E-state index is -0.742. The molecule has 4 nitrogen and oxygen atoms in total. The summed E-state index contributed by atoms with van der Waals surface area (Å²) in [4.78, 5) is 11.8. The number of nitrogen functional groups attached to an aromatic ring is 1. The second-order valence-corrected chi connectivity index (χ2v) is 4.90. The van der Waals surface area contributed by atoms with E-state index in [-0.39, 0.29) is 11.7 Å². The van der Waals surface area contributed by atoms with Gasteiger partial charge in [0.15, 0.2) is 17.7 Å². The van der Waals surface area contributed by atoms with Gasteiger partial charge in [0.1, 0.15) is 0 Å². The third-order valence-electron chi connectivity index (χ3n) is 3.07. The summed E-state index contributed by atoms with van der Waals surface area (Å²) in [6, 6.07) is 2.71. The lowest BCUT2D eigenvalue weighted by Crippen LogP contribution is -2.37. The molecule has 0 aliphatic heterocycles. The standard InChI is InChI=1S/C15H23FN2O2/c1-4-5-6-7-18-15(19)11(3)20-14-8-10(2)13(17)9-12(14)16/h8-9,11H,4-7,17H2,1-3H3,(H,18,19). The normalized spacial score (nSPS) is 12.0. The van der Waals surface area contributed by atoms with Crippen molar-refractivity contribution in [2.45, 2.75) is 46.1 Å². The summed E-state index contributed by atoms with van der Waals surface area (Å²) in [6.45, 7) is 6.07. The van der Waals surface area contributed by atoms with Crippen molar-refractivity contribution in [1.82, 2.24) is 5.32 Å². The quantitative estimate of drug-likeness (QED) is 0.597. The molecule has 0 saturated heterocycles. The van der Waals surface area contributed by atoms with Crippen LogP contribution in [0.1, 0.15) is 38.7 Å². The van der Waals surface area contributed by atoms with E-state index in [9.17, 15) is 9.18 Å². The Balaban J connectivity index is 2.55. The second kappa shape index (κ2) is 7.72. The van der Waals surface area contributed by atoms with Crippen LogP contribution >= 0.6 is 0 Å². The van der Waals surface area contributed by atoms with Gasteiger partial charge in [-0.1, -0.05) is 19.8 Å². The maximum Gasteiger partial charge on any atom is 0.260 e. The molecule has 20 heavy (non-hydrogen) atoms. The summed E-state index contributed by atoms with van der Waals surface area (Å²) in [5.74, 6) is -0.748. The molecule has 1 atom stereocenters. The summed E-state index contributed by atoms with van der Waals surface area (Å²) in [6.07, 6.45) is 2.36. The molecule has 0 radical (unpaired) electrons. The van der Waals surface area contributed by atoms with Gasteiger partial charge in [0.2, 0.25) is 0 Å². The highest BCUT2D eigenvalue weighted by Gasteiger charge is 2.16. The van der Waals surface area contributed by atoms with Crippen molar-refractivity contribution in [3.05, 3.63) is 23.5 Å². The largest absolute Gasteiger partial charge is 0.478 e. The maximum atomic E-state index is 13.7. The summed E-state index contributed by atoms with van der Waals surface area (Å²) in [5.41, 5.74) is 6.69. The number of halogens is 1. The molecule has 0 heterocycles. The number of nitrogens with one attached hydrogen (secondary N) is 1. The Kier molecular flexibility index (Phi) is 6.28. The van der Waals surface area contributed by atoms with Crippen molar-refractivity contribution in [1.29, 1.82) is 0 Å². The highest BCUT2D eigenvalue weighted by Crippen LogP contribution is 2.24. The van der Waals surface area contributed by atoms with E-state index in [1.54, 1.807) is 13.8 Å². The van der Waals surface area contributed by atoms with Gasteiger partial charge < -0.3 is 15.8 Å². The van der Waals surface area contributed by atoms with Gasteiger partial charge in [-0.25, -0.2) is 4.39 Å². The molecule has 0 spiro atoms. The van der Waals surface area contributed by atoms with E-state index in [4.69, 9.17) is 10.5 Å². The van der Waals surface area contributed by atoms with Gasteiger partial charge in [-0.2, -0.15) is 0 Å². The van der Waals surface area contributed by atoms with Crippen LogP contribution in [0.5, 0.6) is 5.75 Å². The highest BCUT2D eigenvalue weighted by molar-refractivity contribution is 5.80. The first kappa shape index (κ1) is 16.3. The average molecular weight is 282 g/mol. The number of aryl methyl sites for hydroxylation is 1. The van der Waals surface area contributed by atoms with E-state index in [1.807, 2.05) is 0 Å². The summed E-state index contributed by atoms with van der Waals surface area (Å²) < 4.78 is 19.0. The topological polar surface area (TPSA) is 64.3 Å². The Bertz CT molecular complexity index is 463. The SMILES string of the molecule is CCCCCNC(=O)C(C)Oc1cc(C)c(N)cc1F. The molecule has 1 amide bonds. The first-order valence-corrected chi connectivity index (χ1v) is 6.95. The Morgan fingerprint density at radius 1 is 1.45 bits per heavy atom. The first-order chi connectivity index (χ1) is 9.45. The van der Waals surface area contributed by atoms with Crippen molar-refractivity contribution in [2.75, 3.05) is 12.3 Å². The molecule has 1 rings (SSSR count). The molecule has 0 saturated carbocycles. The number of carbonyl (C=O) groups excluding carboxylic acids is 1. The van der Waals surface area contributed by atoms with E-state index >= 15 is 0 Å². The second-order valence-electron chi connectivity index (χ2n) is 4.90. The van der Waals surface area contributed by atoms with Gasteiger partial charge in [-0.3, -0.25) is 4.79 Å². The Morgan fingerprint density at radius 3 is 2.80 bits per heavy atom. The number of nitrogens with two attached hydrogens (primary N) is 1. The minimum absolute atomic E-state index is 0.0490. The van der Waals surface area contributed by atoms with Crippen molar-refractivity contribution >= 4 is 11.6 Å². The van der Waals surface area contributed by atoms with Gasteiger partial charge in [0, 0.05) is 18.3 Å². The Morgan fingerprint density at radius 2 is 2.15 bits per heavy atom. The van der Waals surface area contributed by atoms with Crippen LogP contribution in [-0.4, -0.2) is 18.6 Å². The molecule has 112 valence electrons. The number of rotatable bonds is 7. The minimum Gasteiger partial charge on any atom is -0.478 e. The van der Waals surface area contributed by atoms with E-state index in [1.165, 1.54) is 12.1 Å². The van der Waals surface area contributed by atoms with E-state index in [0.717, 1.165) is 24.8 Å². The molecular formula is C15H23FN2O2. The third-order valence-corrected chi connectivity index (χ3v) is 3.07. The van der Waals surface area contributed by atoms with Crippen molar-refractivity contribution in [3.8, 4) is 5.75 Å². The van der Waals surface area contributed by atoms with Gasteiger partial charge in [0.25, 0.3) is 5.91 Å². The molecule has 1 aromatic rings. The predicted octanol–water partition coefficient (Wildman–Crippen LogP) is 2.79. The number of hydrogen-bond donors (Lipinski definition) is 2. The number of hydrogen-bond acceptors (Lipinski definition) is 3. The predicted molar refractivity (Wildman–Crippen MR) is 78.2 cm³/mol. The molecule has 1 unspecified atom stereocenters.